The Morgan fingerprint density at radius 1 is 1.33 bits per heavy atom. The quantitative estimate of drug-likeness (QED) is 0.857. The average molecular weight is 329 g/mol. The molecule has 21 heavy (non-hydrogen) atoms. The van der Waals surface area contributed by atoms with Gasteiger partial charge in [0.05, 0.1) is 0 Å². The molecular weight excluding hydrogens is 312 g/mol. The van der Waals surface area contributed by atoms with Crippen LogP contribution in [0.5, 0.6) is 0 Å². The van der Waals surface area contributed by atoms with Crippen LogP contribution in [-0.4, -0.2) is 25.4 Å². The number of halogens is 1. The number of nitrogens with zero attached hydrogens (tertiary/aromatic N) is 1. The fraction of sp³-hybridized carbons (Fsp3) is 0.357. The van der Waals surface area contributed by atoms with Gasteiger partial charge in [0.1, 0.15) is 11.4 Å². The van der Waals surface area contributed by atoms with Crippen LogP contribution in [0.2, 0.25) is 0 Å². The molecule has 7 heteroatoms. The van der Waals surface area contributed by atoms with Crippen LogP contribution in [0.1, 0.15) is 13.8 Å². The summed E-state index contributed by atoms with van der Waals surface area (Å²) in [6.45, 7) is 4.64. The molecule has 114 valence electrons. The van der Waals surface area contributed by atoms with Gasteiger partial charge in [-0.3, -0.25) is 4.79 Å². The van der Waals surface area contributed by atoms with E-state index in [-0.39, 0.29) is 17.3 Å². The van der Waals surface area contributed by atoms with E-state index in [4.69, 9.17) is 10.7 Å². The molecule has 0 aliphatic carbocycles. The van der Waals surface area contributed by atoms with Crippen molar-refractivity contribution in [1.82, 2.24) is 9.88 Å². The number of carbonyl (C=O) groups excluding carboxylic acids is 1. The molecule has 1 heterocycles. The zero-order chi connectivity index (χ0) is 15.6. The van der Waals surface area contributed by atoms with Crippen molar-refractivity contribution in [2.75, 3.05) is 6.54 Å². The number of nitrogens with one attached hydrogen (secondary N) is 1. The SMILES string of the molecule is CC(C)CNC(=O)Cn1cc(S(=O)(=O)Cl)c2ccccc21. The molecule has 1 N–H and O–H groups in total. The summed E-state index contributed by atoms with van der Waals surface area (Å²) in [7, 11) is 1.60. The maximum atomic E-state index is 11.9. The summed E-state index contributed by atoms with van der Waals surface area (Å²) in [6.07, 6.45) is 1.40. The summed E-state index contributed by atoms with van der Waals surface area (Å²) in [5.74, 6) is 0.192. The summed E-state index contributed by atoms with van der Waals surface area (Å²) in [5, 5.41) is 3.32. The van der Waals surface area contributed by atoms with Gasteiger partial charge in [0.15, 0.2) is 0 Å². The monoisotopic (exact) mass is 328 g/mol. The second-order valence-corrected chi connectivity index (χ2v) is 7.81. The zero-order valence-corrected chi connectivity index (χ0v) is 13.4. The minimum Gasteiger partial charge on any atom is -0.354 e. The predicted octanol–water partition coefficient (Wildman–Crippen LogP) is 2.34. The smallest absolute Gasteiger partial charge is 0.263 e. The van der Waals surface area contributed by atoms with E-state index in [0.29, 0.717) is 23.4 Å². The van der Waals surface area contributed by atoms with Crippen LogP contribution >= 0.6 is 10.7 Å². The molecule has 0 atom stereocenters. The first-order valence-corrected chi connectivity index (χ1v) is 8.89. The Morgan fingerprint density at radius 3 is 2.62 bits per heavy atom. The molecule has 0 radical (unpaired) electrons. The lowest BCUT2D eigenvalue weighted by Gasteiger charge is -2.09. The fourth-order valence-electron chi connectivity index (χ4n) is 2.07. The van der Waals surface area contributed by atoms with Crippen molar-refractivity contribution in [3.8, 4) is 0 Å². The van der Waals surface area contributed by atoms with Gasteiger partial charge >= 0.3 is 0 Å². The van der Waals surface area contributed by atoms with Crippen LogP contribution in [0.15, 0.2) is 35.4 Å². The van der Waals surface area contributed by atoms with E-state index in [9.17, 15) is 13.2 Å². The third-order valence-corrected chi connectivity index (χ3v) is 4.39. The minimum absolute atomic E-state index is 0.0245. The topological polar surface area (TPSA) is 68.2 Å². The van der Waals surface area contributed by atoms with E-state index in [0.717, 1.165) is 0 Å². The fourth-order valence-corrected chi connectivity index (χ4v) is 3.12. The molecule has 2 aromatic rings. The highest BCUT2D eigenvalue weighted by Crippen LogP contribution is 2.27. The normalized spacial score (nSPS) is 12.0. The number of benzene rings is 1. The third-order valence-electron chi connectivity index (χ3n) is 3.04. The average Bonchev–Trinajstić information content (AvgIpc) is 2.76. The van der Waals surface area contributed by atoms with Crippen LogP contribution in [0.4, 0.5) is 0 Å². The van der Waals surface area contributed by atoms with E-state index in [2.05, 4.69) is 5.32 Å². The summed E-state index contributed by atoms with van der Waals surface area (Å²) in [6, 6.07) is 6.95. The largest absolute Gasteiger partial charge is 0.354 e. The molecule has 0 spiro atoms. The van der Waals surface area contributed by atoms with Gasteiger partial charge < -0.3 is 9.88 Å². The van der Waals surface area contributed by atoms with Crippen LogP contribution in [-0.2, 0) is 20.4 Å². The van der Waals surface area contributed by atoms with Crippen molar-refractivity contribution in [2.24, 2.45) is 5.92 Å². The van der Waals surface area contributed by atoms with Crippen molar-refractivity contribution in [3.63, 3.8) is 0 Å². The summed E-state index contributed by atoms with van der Waals surface area (Å²) >= 11 is 0. The summed E-state index contributed by atoms with van der Waals surface area (Å²) < 4.78 is 24.8. The zero-order valence-electron chi connectivity index (χ0n) is 11.8. The standard InChI is InChI=1S/C14H17ClN2O3S/c1-10(2)7-16-14(18)9-17-8-13(21(15,19)20)11-5-3-4-6-12(11)17/h3-6,8,10H,7,9H2,1-2H3,(H,16,18). The van der Waals surface area contributed by atoms with Gasteiger partial charge in [-0.25, -0.2) is 8.42 Å². The van der Waals surface area contributed by atoms with Crippen molar-refractivity contribution in [2.45, 2.75) is 25.3 Å². The molecule has 1 aromatic carbocycles. The molecule has 0 aliphatic rings. The Morgan fingerprint density at radius 2 is 2.00 bits per heavy atom. The molecule has 0 bridgehead atoms. The Bertz CT molecular complexity index is 766. The van der Waals surface area contributed by atoms with Gasteiger partial charge in [0.25, 0.3) is 9.05 Å². The molecule has 0 saturated heterocycles. The van der Waals surface area contributed by atoms with Gasteiger partial charge in [-0.1, -0.05) is 32.0 Å². The van der Waals surface area contributed by atoms with E-state index in [1.807, 2.05) is 13.8 Å². The first kappa shape index (κ1) is 15.9. The first-order chi connectivity index (χ1) is 9.79. The molecule has 0 fully saturated rings. The number of hydrogen-bond acceptors (Lipinski definition) is 3. The van der Waals surface area contributed by atoms with E-state index < -0.39 is 9.05 Å². The molecular formula is C14H17ClN2O3S. The second kappa shape index (κ2) is 6.07. The molecule has 0 saturated carbocycles. The number of aromatic nitrogens is 1. The molecule has 5 nitrogen and oxygen atoms in total. The van der Waals surface area contributed by atoms with Crippen LogP contribution < -0.4 is 5.32 Å². The van der Waals surface area contributed by atoms with Crippen molar-refractivity contribution in [3.05, 3.63) is 30.5 Å². The Labute approximate surface area is 128 Å². The van der Waals surface area contributed by atoms with Crippen molar-refractivity contribution < 1.29 is 13.2 Å². The first-order valence-electron chi connectivity index (χ1n) is 6.58. The summed E-state index contributed by atoms with van der Waals surface area (Å²) in [5.41, 5.74) is 0.663. The lowest BCUT2D eigenvalue weighted by atomic mass is 10.2. The number of carbonyl (C=O) groups is 1. The maximum Gasteiger partial charge on any atom is 0.263 e. The Kier molecular flexibility index (Phi) is 4.58. The number of para-hydroxylation sites is 1. The minimum atomic E-state index is -3.85. The molecule has 0 unspecified atom stereocenters. The highest BCUT2D eigenvalue weighted by Gasteiger charge is 2.19. The predicted molar refractivity (Wildman–Crippen MR) is 82.8 cm³/mol. The van der Waals surface area contributed by atoms with Gasteiger partial charge in [-0.15, -0.1) is 0 Å². The van der Waals surface area contributed by atoms with Crippen LogP contribution in [0, 0.1) is 5.92 Å². The third kappa shape index (κ3) is 3.77. The molecule has 1 aromatic heterocycles. The van der Waals surface area contributed by atoms with Crippen LogP contribution in [0.3, 0.4) is 0 Å². The highest BCUT2D eigenvalue weighted by molar-refractivity contribution is 8.14. The second-order valence-electron chi connectivity index (χ2n) is 5.27. The number of rotatable bonds is 5. The molecule has 2 rings (SSSR count). The number of hydrogen-bond donors (Lipinski definition) is 1. The molecule has 0 aliphatic heterocycles. The highest BCUT2D eigenvalue weighted by atomic mass is 35.7. The lowest BCUT2D eigenvalue weighted by Crippen LogP contribution is -2.30. The maximum absolute atomic E-state index is 11.9. The van der Waals surface area contributed by atoms with E-state index in [1.165, 1.54) is 6.20 Å². The number of amides is 1. The van der Waals surface area contributed by atoms with E-state index in [1.54, 1.807) is 28.8 Å². The van der Waals surface area contributed by atoms with Gasteiger partial charge in [-0.05, 0) is 12.0 Å². The Balaban J connectivity index is 2.35. The van der Waals surface area contributed by atoms with Gasteiger partial charge in [-0.2, -0.15) is 0 Å². The van der Waals surface area contributed by atoms with Gasteiger partial charge in [0.2, 0.25) is 5.91 Å². The van der Waals surface area contributed by atoms with Crippen LogP contribution in [0.25, 0.3) is 10.9 Å². The van der Waals surface area contributed by atoms with Crippen molar-refractivity contribution >= 4 is 36.5 Å². The van der Waals surface area contributed by atoms with Gasteiger partial charge in [0, 0.05) is 34.3 Å². The van der Waals surface area contributed by atoms with Crippen molar-refractivity contribution in [1.29, 1.82) is 0 Å². The Hall–Kier alpha value is -1.53. The summed E-state index contributed by atoms with van der Waals surface area (Å²) in [4.78, 5) is 11.9. The lowest BCUT2D eigenvalue weighted by molar-refractivity contribution is -0.121. The number of fused-ring (bicyclic) bond motifs is 1. The van der Waals surface area contributed by atoms with E-state index >= 15 is 0 Å². The molecule has 1 amide bonds.